The Balaban J connectivity index is 1.70. The molecule has 23 heavy (non-hydrogen) atoms. The molecular weight excluding hydrogens is 298 g/mol. The molecule has 1 saturated heterocycles. The Labute approximate surface area is 135 Å². The molecular formula is C15H23N5O3. The molecule has 1 aliphatic heterocycles. The van der Waals surface area contributed by atoms with E-state index in [-0.39, 0.29) is 18.2 Å². The van der Waals surface area contributed by atoms with Crippen molar-refractivity contribution in [3.63, 3.8) is 0 Å². The Bertz CT molecular complexity index is 503. The van der Waals surface area contributed by atoms with E-state index in [4.69, 9.17) is 4.74 Å². The number of hydrogen-bond donors (Lipinski definition) is 1. The largest absolute Gasteiger partial charge is 0.385 e. The van der Waals surface area contributed by atoms with E-state index in [0.29, 0.717) is 45.3 Å². The van der Waals surface area contributed by atoms with Crippen LogP contribution in [0.5, 0.6) is 0 Å². The van der Waals surface area contributed by atoms with Crippen molar-refractivity contribution in [3.8, 4) is 0 Å². The van der Waals surface area contributed by atoms with Gasteiger partial charge in [0.05, 0.1) is 0 Å². The monoisotopic (exact) mass is 321 g/mol. The highest BCUT2D eigenvalue weighted by molar-refractivity contribution is 5.96. The van der Waals surface area contributed by atoms with Crippen LogP contribution in [0.1, 0.15) is 12.8 Å². The summed E-state index contributed by atoms with van der Waals surface area (Å²) in [5.41, 5.74) is 0. The standard InChI is InChI=1S/C15H23N5O3/c1-23-11-3-6-16-13(21)12-14(22)19-7-9-20(10-8-19)15-17-4-2-5-18-15/h2,4-5H,3,6-12H2,1H3,(H,16,21). The second-order valence-electron chi connectivity index (χ2n) is 5.29. The topological polar surface area (TPSA) is 87.7 Å². The number of nitrogens with zero attached hydrogens (tertiary/aromatic N) is 4. The fourth-order valence-corrected chi connectivity index (χ4v) is 2.37. The molecule has 2 rings (SSSR count). The molecule has 8 heteroatoms. The summed E-state index contributed by atoms with van der Waals surface area (Å²) in [6, 6.07) is 1.77. The molecule has 1 aromatic rings. The minimum absolute atomic E-state index is 0.102. The van der Waals surface area contributed by atoms with Crippen molar-refractivity contribution in [3.05, 3.63) is 18.5 Å². The molecule has 0 aliphatic carbocycles. The second kappa shape index (κ2) is 9.04. The second-order valence-corrected chi connectivity index (χ2v) is 5.29. The van der Waals surface area contributed by atoms with Crippen LogP contribution in [0.2, 0.25) is 0 Å². The van der Waals surface area contributed by atoms with Gasteiger partial charge in [-0.15, -0.1) is 0 Å². The van der Waals surface area contributed by atoms with Crippen LogP contribution in [0.15, 0.2) is 18.5 Å². The number of rotatable bonds is 7. The quantitative estimate of drug-likeness (QED) is 0.546. The highest BCUT2D eigenvalue weighted by Crippen LogP contribution is 2.10. The number of methoxy groups -OCH3 is 1. The van der Waals surface area contributed by atoms with E-state index in [9.17, 15) is 9.59 Å². The Morgan fingerprint density at radius 3 is 2.57 bits per heavy atom. The average Bonchev–Trinajstić information content (AvgIpc) is 2.59. The van der Waals surface area contributed by atoms with Crippen LogP contribution in [0, 0.1) is 0 Å². The number of hydrogen-bond acceptors (Lipinski definition) is 6. The van der Waals surface area contributed by atoms with E-state index < -0.39 is 0 Å². The van der Waals surface area contributed by atoms with Crippen LogP contribution < -0.4 is 10.2 Å². The first-order chi connectivity index (χ1) is 11.2. The van der Waals surface area contributed by atoms with Crippen LogP contribution in [0.4, 0.5) is 5.95 Å². The number of ether oxygens (including phenoxy) is 1. The lowest BCUT2D eigenvalue weighted by atomic mass is 10.2. The van der Waals surface area contributed by atoms with Gasteiger partial charge in [0, 0.05) is 58.8 Å². The van der Waals surface area contributed by atoms with E-state index in [0.717, 1.165) is 6.42 Å². The number of carbonyl (C=O) groups excluding carboxylic acids is 2. The molecule has 126 valence electrons. The molecule has 1 N–H and O–H groups in total. The van der Waals surface area contributed by atoms with E-state index in [1.807, 2.05) is 4.90 Å². The molecule has 0 saturated carbocycles. The highest BCUT2D eigenvalue weighted by atomic mass is 16.5. The number of amides is 2. The third-order valence-electron chi connectivity index (χ3n) is 3.63. The number of nitrogens with one attached hydrogen (secondary N) is 1. The van der Waals surface area contributed by atoms with Crippen molar-refractivity contribution in [2.45, 2.75) is 12.8 Å². The summed E-state index contributed by atoms with van der Waals surface area (Å²) in [5.74, 6) is 0.304. The zero-order chi connectivity index (χ0) is 16.5. The van der Waals surface area contributed by atoms with Gasteiger partial charge in [-0.2, -0.15) is 0 Å². The van der Waals surface area contributed by atoms with Crippen LogP contribution >= 0.6 is 0 Å². The van der Waals surface area contributed by atoms with Gasteiger partial charge in [0.15, 0.2) is 0 Å². The maximum atomic E-state index is 12.1. The van der Waals surface area contributed by atoms with E-state index in [1.54, 1.807) is 30.5 Å². The van der Waals surface area contributed by atoms with Crippen LogP contribution in [0.25, 0.3) is 0 Å². The maximum Gasteiger partial charge on any atom is 0.232 e. The summed E-state index contributed by atoms with van der Waals surface area (Å²) < 4.78 is 4.91. The molecule has 0 spiro atoms. The first-order valence-electron chi connectivity index (χ1n) is 7.76. The number of anilines is 1. The summed E-state index contributed by atoms with van der Waals surface area (Å²) in [5, 5.41) is 2.73. The summed E-state index contributed by atoms with van der Waals surface area (Å²) in [6.45, 7) is 3.62. The lowest BCUT2D eigenvalue weighted by Gasteiger charge is -2.34. The zero-order valence-corrected chi connectivity index (χ0v) is 13.4. The van der Waals surface area contributed by atoms with Crippen molar-refractivity contribution < 1.29 is 14.3 Å². The Morgan fingerprint density at radius 2 is 1.91 bits per heavy atom. The van der Waals surface area contributed by atoms with Gasteiger partial charge in [-0.3, -0.25) is 9.59 Å². The fourth-order valence-electron chi connectivity index (χ4n) is 2.37. The van der Waals surface area contributed by atoms with E-state index in [2.05, 4.69) is 15.3 Å². The molecule has 0 aromatic carbocycles. The SMILES string of the molecule is COCCCNC(=O)CC(=O)N1CCN(c2ncccn2)CC1. The van der Waals surface area contributed by atoms with Crippen LogP contribution in [-0.2, 0) is 14.3 Å². The first-order valence-corrected chi connectivity index (χ1v) is 7.76. The Hall–Kier alpha value is -2.22. The molecule has 1 aromatic heterocycles. The average molecular weight is 321 g/mol. The Kier molecular flexibility index (Phi) is 6.74. The fraction of sp³-hybridized carbons (Fsp3) is 0.600. The summed E-state index contributed by atoms with van der Waals surface area (Å²) >= 11 is 0. The van der Waals surface area contributed by atoms with Gasteiger partial charge >= 0.3 is 0 Å². The van der Waals surface area contributed by atoms with Crippen molar-refractivity contribution in [1.29, 1.82) is 0 Å². The number of aromatic nitrogens is 2. The number of piperazine rings is 1. The zero-order valence-electron chi connectivity index (χ0n) is 13.4. The van der Waals surface area contributed by atoms with Gasteiger partial charge < -0.3 is 19.9 Å². The first kappa shape index (κ1) is 17.1. The molecule has 0 radical (unpaired) electrons. The molecule has 0 unspecified atom stereocenters. The predicted octanol–water partition coefficient (Wildman–Crippen LogP) is -0.332. The molecule has 2 heterocycles. The third-order valence-corrected chi connectivity index (χ3v) is 3.63. The molecule has 1 fully saturated rings. The normalized spacial score (nSPS) is 14.7. The van der Waals surface area contributed by atoms with Gasteiger partial charge in [-0.05, 0) is 12.5 Å². The number of carbonyl (C=O) groups is 2. The van der Waals surface area contributed by atoms with Crippen molar-refractivity contribution >= 4 is 17.8 Å². The lowest BCUT2D eigenvalue weighted by Crippen LogP contribution is -2.50. The minimum atomic E-state index is -0.236. The van der Waals surface area contributed by atoms with Gasteiger partial charge in [-0.25, -0.2) is 9.97 Å². The van der Waals surface area contributed by atoms with Crippen LogP contribution in [-0.4, -0.2) is 73.1 Å². The van der Waals surface area contributed by atoms with Gasteiger partial charge in [-0.1, -0.05) is 0 Å². The van der Waals surface area contributed by atoms with Gasteiger partial charge in [0.1, 0.15) is 6.42 Å². The molecule has 8 nitrogen and oxygen atoms in total. The molecule has 1 aliphatic rings. The van der Waals surface area contributed by atoms with Crippen molar-refractivity contribution in [2.24, 2.45) is 0 Å². The minimum Gasteiger partial charge on any atom is -0.385 e. The Morgan fingerprint density at radius 1 is 1.22 bits per heavy atom. The predicted molar refractivity (Wildman–Crippen MR) is 84.9 cm³/mol. The summed E-state index contributed by atoms with van der Waals surface area (Å²) in [7, 11) is 1.62. The van der Waals surface area contributed by atoms with E-state index in [1.165, 1.54) is 0 Å². The van der Waals surface area contributed by atoms with Crippen LogP contribution in [0.3, 0.4) is 0 Å². The van der Waals surface area contributed by atoms with Crippen molar-refractivity contribution in [1.82, 2.24) is 20.2 Å². The third kappa shape index (κ3) is 5.48. The van der Waals surface area contributed by atoms with Crippen molar-refractivity contribution in [2.75, 3.05) is 51.3 Å². The summed E-state index contributed by atoms with van der Waals surface area (Å²) in [6.07, 6.45) is 4.04. The molecule has 2 amide bonds. The highest BCUT2D eigenvalue weighted by Gasteiger charge is 2.23. The molecule has 0 bridgehead atoms. The molecule has 0 atom stereocenters. The summed E-state index contributed by atoms with van der Waals surface area (Å²) in [4.78, 5) is 36.0. The van der Waals surface area contributed by atoms with Gasteiger partial charge in [0.2, 0.25) is 17.8 Å². The maximum absolute atomic E-state index is 12.1. The van der Waals surface area contributed by atoms with Gasteiger partial charge in [0.25, 0.3) is 0 Å². The lowest BCUT2D eigenvalue weighted by molar-refractivity contribution is -0.136. The van der Waals surface area contributed by atoms with E-state index >= 15 is 0 Å². The smallest absolute Gasteiger partial charge is 0.232 e.